The first-order chi connectivity index (χ1) is 11.4. The summed E-state index contributed by atoms with van der Waals surface area (Å²) in [6.45, 7) is 6.49. The van der Waals surface area contributed by atoms with Gasteiger partial charge in [0.05, 0.1) is 12.5 Å². The summed E-state index contributed by atoms with van der Waals surface area (Å²) >= 11 is 1.45. The van der Waals surface area contributed by atoms with Gasteiger partial charge in [0, 0.05) is 11.6 Å². The monoisotopic (exact) mass is 344 g/mol. The number of aromatic nitrogens is 1. The van der Waals surface area contributed by atoms with Gasteiger partial charge in [0.2, 0.25) is 5.91 Å². The second-order valence-electron chi connectivity index (χ2n) is 7.13. The van der Waals surface area contributed by atoms with E-state index in [-0.39, 0.29) is 11.8 Å². The number of amides is 1. The predicted molar refractivity (Wildman–Crippen MR) is 97.7 cm³/mol. The molecular weight excluding hydrogens is 320 g/mol. The zero-order chi connectivity index (χ0) is 17.3. The largest absolute Gasteiger partial charge is 0.497 e. The van der Waals surface area contributed by atoms with E-state index in [0.717, 1.165) is 18.6 Å². The van der Waals surface area contributed by atoms with Crippen molar-refractivity contribution in [1.82, 2.24) is 4.98 Å². The smallest absolute Gasteiger partial charge is 0.233 e. The molecule has 0 fully saturated rings. The molecule has 3 rings (SSSR count). The van der Waals surface area contributed by atoms with E-state index in [0.29, 0.717) is 11.0 Å². The molecule has 128 valence electrons. The van der Waals surface area contributed by atoms with Crippen molar-refractivity contribution in [2.24, 2.45) is 11.3 Å². The van der Waals surface area contributed by atoms with Crippen molar-refractivity contribution in [2.45, 2.75) is 39.5 Å². The van der Waals surface area contributed by atoms with Gasteiger partial charge in [0.15, 0.2) is 5.13 Å². The number of anilines is 1. The minimum Gasteiger partial charge on any atom is -0.497 e. The highest BCUT2D eigenvalue weighted by Gasteiger charge is 2.48. The second kappa shape index (κ2) is 6.55. The zero-order valence-electron chi connectivity index (χ0n) is 14.6. The number of hydrogen-bond donors (Lipinski definition) is 1. The van der Waals surface area contributed by atoms with Crippen LogP contribution >= 0.6 is 11.3 Å². The minimum atomic E-state index is -0.468. The van der Waals surface area contributed by atoms with Crippen LogP contribution in [0.2, 0.25) is 0 Å². The van der Waals surface area contributed by atoms with Crippen LogP contribution in [0.1, 0.15) is 44.2 Å². The lowest BCUT2D eigenvalue weighted by Gasteiger charge is -2.31. The molecule has 0 spiro atoms. The van der Waals surface area contributed by atoms with Crippen molar-refractivity contribution < 1.29 is 9.53 Å². The summed E-state index contributed by atoms with van der Waals surface area (Å²) < 4.78 is 5.40. The number of carbonyl (C=O) groups is 1. The van der Waals surface area contributed by atoms with Gasteiger partial charge in [-0.2, -0.15) is 0 Å². The van der Waals surface area contributed by atoms with Crippen LogP contribution in [0.25, 0.3) is 0 Å². The summed E-state index contributed by atoms with van der Waals surface area (Å²) in [5, 5.41) is 5.55. The van der Waals surface area contributed by atoms with E-state index < -0.39 is 5.41 Å². The Morgan fingerprint density at radius 1 is 1.50 bits per heavy atom. The maximum atomic E-state index is 13.1. The molecule has 1 aromatic heterocycles. The zero-order valence-corrected chi connectivity index (χ0v) is 15.4. The van der Waals surface area contributed by atoms with Gasteiger partial charge in [0.1, 0.15) is 5.75 Å². The normalized spacial score (nSPS) is 22.5. The molecule has 5 heteroatoms. The fourth-order valence-electron chi connectivity index (χ4n) is 3.67. The molecule has 4 nitrogen and oxygen atoms in total. The van der Waals surface area contributed by atoms with E-state index in [9.17, 15) is 4.79 Å². The van der Waals surface area contributed by atoms with Gasteiger partial charge in [-0.3, -0.25) is 4.79 Å². The summed E-state index contributed by atoms with van der Waals surface area (Å²) in [5.74, 6) is 1.60. The fraction of sp³-hybridized carbons (Fsp3) is 0.474. The van der Waals surface area contributed by atoms with Crippen LogP contribution in [0.5, 0.6) is 5.75 Å². The van der Waals surface area contributed by atoms with E-state index in [4.69, 9.17) is 4.74 Å². The van der Waals surface area contributed by atoms with Crippen molar-refractivity contribution in [2.75, 3.05) is 12.4 Å². The SMILES string of the molecule is COc1ccc2c(c1)[C@H](CC(C)C)[C@](C)(C(=O)Nc1nccs1)C2. The molecule has 0 unspecified atom stereocenters. The number of thiazole rings is 1. The molecule has 0 bridgehead atoms. The Morgan fingerprint density at radius 3 is 2.92 bits per heavy atom. The van der Waals surface area contributed by atoms with Gasteiger partial charge in [-0.25, -0.2) is 4.98 Å². The Balaban J connectivity index is 1.95. The molecule has 1 aliphatic carbocycles. The maximum absolute atomic E-state index is 13.1. The first-order valence-corrected chi connectivity index (χ1v) is 9.19. The number of carbonyl (C=O) groups excluding carboxylic acids is 1. The molecule has 0 radical (unpaired) electrons. The Morgan fingerprint density at radius 2 is 2.29 bits per heavy atom. The first kappa shape index (κ1) is 17.0. The minimum absolute atomic E-state index is 0.0540. The summed E-state index contributed by atoms with van der Waals surface area (Å²) in [5.41, 5.74) is 2.03. The van der Waals surface area contributed by atoms with Crippen LogP contribution in [-0.2, 0) is 11.2 Å². The second-order valence-corrected chi connectivity index (χ2v) is 8.03. The molecule has 24 heavy (non-hydrogen) atoms. The highest BCUT2D eigenvalue weighted by atomic mass is 32.1. The van der Waals surface area contributed by atoms with Crippen molar-refractivity contribution in [3.05, 3.63) is 40.9 Å². The van der Waals surface area contributed by atoms with Crippen LogP contribution in [0.3, 0.4) is 0 Å². The van der Waals surface area contributed by atoms with Crippen molar-refractivity contribution >= 4 is 22.4 Å². The number of fused-ring (bicyclic) bond motifs is 1. The average molecular weight is 344 g/mol. The standard InChI is InChI=1S/C19H24N2O2S/c1-12(2)9-16-15-10-14(23-4)6-5-13(15)11-19(16,3)17(22)21-18-20-7-8-24-18/h5-8,10,12,16H,9,11H2,1-4H3,(H,20,21,22)/t16-,19+/m0/s1. The number of benzene rings is 1. The maximum Gasteiger partial charge on any atom is 0.233 e. The third-order valence-electron chi connectivity index (χ3n) is 4.93. The number of methoxy groups -OCH3 is 1. The number of hydrogen-bond acceptors (Lipinski definition) is 4. The molecule has 2 atom stereocenters. The van der Waals surface area contributed by atoms with E-state index in [2.05, 4.69) is 43.2 Å². The van der Waals surface area contributed by atoms with E-state index in [1.54, 1.807) is 13.3 Å². The van der Waals surface area contributed by atoms with Crippen LogP contribution in [0, 0.1) is 11.3 Å². The highest BCUT2D eigenvalue weighted by molar-refractivity contribution is 7.13. The van der Waals surface area contributed by atoms with E-state index >= 15 is 0 Å². The van der Waals surface area contributed by atoms with Gasteiger partial charge in [-0.05, 0) is 54.9 Å². The summed E-state index contributed by atoms with van der Waals surface area (Å²) in [6, 6.07) is 6.18. The Kier molecular flexibility index (Phi) is 4.63. The molecule has 0 saturated heterocycles. The summed E-state index contributed by atoms with van der Waals surface area (Å²) in [6.07, 6.45) is 3.44. The third kappa shape index (κ3) is 3.05. The van der Waals surface area contributed by atoms with Crippen molar-refractivity contribution in [3.63, 3.8) is 0 Å². The molecule has 1 aromatic carbocycles. The lowest BCUT2D eigenvalue weighted by atomic mass is 9.73. The molecule has 1 N–H and O–H groups in total. The molecule has 0 saturated carbocycles. The molecule has 1 amide bonds. The summed E-state index contributed by atoms with van der Waals surface area (Å²) in [4.78, 5) is 17.3. The average Bonchev–Trinajstić information content (AvgIpc) is 3.14. The van der Waals surface area contributed by atoms with Crippen molar-refractivity contribution in [1.29, 1.82) is 0 Å². The molecule has 1 aliphatic rings. The van der Waals surface area contributed by atoms with Crippen LogP contribution in [-0.4, -0.2) is 18.0 Å². The predicted octanol–water partition coefficient (Wildman–Crippen LogP) is 4.48. The van der Waals surface area contributed by atoms with Gasteiger partial charge in [0.25, 0.3) is 0 Å². The van der Waals surface area contributed by atoms with E-state index in [1.165, 1.54) is 22.5 Å². The number of nitrogens with zero attached hydrogens (tertiary/aromatic N) is 1. The van der Waals surface area contributed by atoms with Gasteiger partial charge < -0.3 is 10.1 Å². The quantitative estimate of drug-likeness (QED) is 0.870. The molecule has 2 aromatic rings. The molecule has 1 heterocycles. The topological polar surface area (TPSA) is 51.2 Å². The lowest BCUT2D eigenvalue weighted by Crippen LogP contribution is -2.37. The Hall–Kier alpha value is -1.88. The Labute approximate surface area is 147 Å². The van der Waals surface area contributed by atoms with Gasteiger partial charge >= 0.3 is 0 Å². The Bertz CT molecular complexity index is 727. The number of ether oxygens (including phenoxy) is 1. The van der Waals surface area contributed by atoms with Gasteiger partial charge in [-0.15, -0.1) is 11.3 Å². The molecular formula is C19H24N2O2S. The summed E-state index contributed by atoms with van der Waals surface area (Å²) in [7, 11) is 1.68. The van der Waals surface area contributed by atoms with Crippen LogP contribution in [0.4, 0.5) is 5.13 Å². The number of rotatable bonds is 5. The van der Waals surface area contributed by atoms with Crippen LogP contribution < -0.4 is 10.1 Å². The molecule has 0 aliphatic heterocycles. The number of nitrogens with one attached hydrogen (secondary N) is 1. The third-order valence-corrected chi connectivity index (χ3v) is 5.62. The fourth-order valence-corrected chi connectivity index (χ4v) is 4.19. The van der Waals surface area contributed by atoms with Gasteiger partial charge in [-0.1, -0.05) is 19.9 Å². The van der Waals surface area contributed by atoms with Crippen molar-refractivity contribution in [3.8, 4) is 5.75 Å². The van der Waals surface area contributed by atoms with Crippen LogP contribution in [0.15, 0.2) is 29.8 Å². The first-order valence-electron chi connectivity index (χ1n) is 8.32. The lowest BCUT2D eigenvalue weighted by molar-refractivity contribution is -0.125. The van der Waals surface area contributed by atoms with E-state index in [1.807, 2.05) is 11.4 Å². The highest BCUT2D eigenvalue weighted by Crippen LogP contribution is 2.51.